The lowest BCUT2D eigenvalue weighted by Crippen LogP contribution is -2.10. The third kappa shape index (κ3) is 2.81. The molecule has 0 bridgehead atoms. The number of hydrogen-bond donors (Lipinski definition) is 1. The Balaban J connectivity index is 2.16. The molecule has 0 saturated carbocycles. The van der Waals surface area contributed by atoms with Crippen LogP contribution in [0.1, 0.15) is 0 Å². The van der Waals surface area contributed by atoms with Crippen molar-refractivity contribution in [3.8, 4) is 11.1 Å². The van der Waals surface area contributed by atoms with Crippen LogP contribution in [0.15, 0.2) is 48.8 Å². The van der Waals surface area contributed by atoms with Crippen molar-refractivity contribution in [3.05, 3.63) is 48.8 Å². The summed E-state index contributed by atoms with van der Waals surface area (Å²) in [6.45, 7) is 0. The predicted molar refractivity (Wildman–Crippen MR) is 65.7 cm³/mol. The van der Waals surface area contributed by atoms with E-state index in [9.17, 15) is 4.79 Å². The maximum atomic E-state index is 11.0. The van der Waals surface area contributed by atoms with Crippen molar-refractivity contribution in [2.24, 2.45) is 0 Å². The molecule has 4 heteroatoms. The lowest BCUT2D eigenvalue weighted by molar-refractivity contribution is 0.187. The fraction of sp³-hybridized carbons (Fsp3) is 0.0769. The van der Waals surface area contributed by atoms with Crippen LogP contribution in [0.2, 0.25) is 0 Å². The highest BCUT2D eigenvalue weighted by molar-refractivity contribution is 5.84. The summed E-state index contributed by atoms with van der Waals surface area (Å²) in [5.74, 6) is 0. The fourth-order valence-electron chi connectivity index (χ4n) is 1.45. The van der Waals surface area contributed by atoms with Crippen LogP contribution in [0.4, 0.5) is 10.5 Å². The molecule has 0 aliphatic carbocycles. The van der Waals surface area contributed by atoms with Gasteiger partial charge in [0.2, 0.25) is 0 Å². The van der Waals surface area contributed by atoms with Gasteiger partial charge < -0.3 is 4.74 Å². The Hall–Kier alpha value is -2.36. The molecule has 4 nitrogen and oxygen atoms in total. The van der Waals surface area contributed by atoms with Gasteiger partial charge in [0.05, 0.1) is 7.11 Å². The maximum absolute atomic E-state index is 11.0. The molecule has 0 unspecified atom stereocenters. The van der Waals surface area contributed by atoms with Gasteiger partial charge in [-0.05, 0) is 29.3 Å². The highest BCUT2D eigenvalue weighted by Gasteiger charge is 2.01. The van der Waals surface area contributed by atoms with Crippen molar-refractivity contribution in [3.63, 3.8) is 0 Å². The number of amides is 1. The van der Waals surface area contributed by atoms with Gasteiger partial charge >= 0.3 is 6.09 Å². The molecular weight excluding hydrogens is 216 g/mol. The van der Waals surface area contributed by atoms with E-state index in [4.69, 9.17) is 0 Å². The lowest BCUT2D eigenvalue weighted by atomic mass is 10.1. The smallest absolute Gasteiger partial charge is 0.411 e. The minimum Gasteiger partial charge on any atom is -0.453 e. The van der Waals surface area contributed by atoms with E-state index < -0.39 is 6.09 Å². The Morgan fingerprint density at radius 3 is 2.53 bits per heavy atom. The summed E-state index contributed by atoms with van der Waals surface area (Å²) in [6, 6.07) is 11.3. The van der Waals surface area contributed by atoms with Crippen molar-refractivity contribution >= 4 is 11.8 Å². The van der Waals surface area contributed by atoms with Crippen molar-refractivity contribution in [1.29, 1.82) is 0 Å². The molecule has 2 rings (SSSR count). The number of rotatable bonds is 2. The van der Waals surface area contributed by atoms with E-state index in [2.05, 4.69) is 15.0 Å². The second-order valence-corrected chi connectivity index (χ2v) is 3.44. The molecule has 1 amide bonds. The summed E-state index contributed by atoms with van der Waals surface area (Å²) in [7, 11) is 1.33. The highest BCUT2D eigenvalue weighted by atomic mass is 16.5. The Kier molecular flexibility index (Phi) is 3.35. The third-order valence-electron chi connectivity index (χ3n) is 2.31. The summed E-state index contributed by atoms with van der Waals surface area (Å²) in [4.78, 5) is 15.0. The largest absolute Gasteiger partial charge is 0.453 e. The monoisotopic (exact) mass is 228 g/mol. The molecule has 0 atom stereocenters. The number of aromatic nitrogens is 1. The molecule has 0 spiro atoms. The Labute approximate surface area is 99.3 Å². The number of ether oxygens (including phenoxy) is 1. The molecule has 0 aliphatic heterocycles. The van der Waals surface area contributed by atoms with Gasteiger partial charge in [-0.25, -0.2) is 4.79 Å². The summed E-state index contributed by atoms with van der Waals surface area (Å²) < 4.78 is 4.51. The fourth-order valence-corrected chi connectivity index (χ4v) is 1.45. The Morgan fingerprint density at radius 1 is 1.18 bits per heavy atom. The SMILES string of the molecule is COC(=O)Nc1ccc(-c2cccnc2)cc1. The van der Waals surface area contributed by atoms with Crippen molar-refractivity contribution in [1.82, 2.24) is 4.98 Å². The zero-order valence-corrected chi connectivity index (χ0v) is 9.38. The molecule has 1 N–H and O–H groups in total. The van der Waals surface area contributed by atoms with Crippen LogP contribution in [0.25, 0.3) is 11.1 Å². The summed E-state index contributed by atoms with van der Waals surface area (Å²) in [5.41, 5.74) is 2.79. The van der Waals surface area contributed by atoms with Crippen LogP contribution in [0.5, 0.6) is 0 Å². The van der Waals surface area contributed by atoms with Crippen LogP contribution in [0, 0.1) is 0 Å². The summed E-state index contributed by atoms with van der Waals surface area (Å²) >= 11 is 0. The summed E-state index contributed by atoms with van der Waals surface area (Å²) in [5, 5.41) is 2.59. The van der Waals surface area contributed by atoms with E-state index >= 15 is 0 Å². The molecule has 86 valence electrons. The first-order chi connectivity index (χ1) is 8.29. The van der Waals surface area contributed by atoms with E-state index in [1.807, 2.05) is 36.4 Å². The van der Waals surface area contributed by atoms with Gasteiger partial charge in [-0.2, -0.15) is 0 Å². The zero-order valence-electron chi connectivity index (χ0n) is 9.38. The quantitative estimate of drug-likeness (QED) is 0.859. The first-order valence-corrected chi connectivity index (χ1v) is 5.15. The summed E-state index contributed by atoms with van der Waals surface area (Å²) in [6.07, 6.45) is 3.05. The topological polar surface area (TPSA) is 51.2 Å². The maximum Gasteiger partial charge on any atom is 0.411 e. The first-order valence-electron chi connectivity index (χ1n) is 5.15. The van der Waals surface area contributed by atoms with E-state index in [0.717, 1.165) is 11.1 Å². The molecule has 1 aromatic carbocycles. The van der Waals surface area contributed by atoms with Gasteiger partial charge in [0.15, 0.2) is 0 Å². The molecule has 1 aromatic heterocycles. The number of pyridine rings is 1. The van der Waals surface area contributed by atoms with Crippen LogP contribution >= 0.6 is 0 Å². The Bertz CT molecular complexity index is 495. The number of nitrogens with one attached hydrogen (secondary N) is 1. The number of benzene rings is 1. The van der Waals surface area contributed by atoms with E-state index in [0.29, 0.717) is 5.69 Å². The van der Waals surface area contributed by atoms with E-state index in [1.165, 1.54) is 7.11 Å². The Morgan fingerprint density at radius 2 is 1.94 bits per heavy atom. The molecule has 17 heavy (non-hydrogen) atoms. The van der Waals surface area contributed by atoms with Crippen LogP contribution in [-0.4, -0.2) is 18.2 Å². The molecule has 0 fully saturated rings. The number of carbonyl (C=O) groups excluding carboxylic acids is 1. The number of carbonyl (C=O) groups is 1. The number of hydrogen-bond acceptors (Lipinski definition) is 3. The number of anilines is 1. The average Bonchev–Trinajstić information content (AvgIpc) is 2.40. The second kappa shape index (κ2) is 5.12. The van der Waals surface area contributed by atoms with Crippen LogP contribution in [-0.2, 0) is 4.74 Å². The highest BCUT2D eigenvalue weighted by Crippen LogP contribution is 2.20. The second-order valence-electron chi connectivity index (χ2n) is 3.44. The molecular formula is C13H12N2O2. The first kappa shape index (κ1) is 11.1. The van der Waals surface area contributed by atoms with Crippen molar-refractivity contribution in [2.45, 2.75) is 0 Å². The van der Waals surface area contributed by atoms with Crippen LogP contribution < -0.4 is 5.32 Å². The minimum atomic E-state index is -0.473. The van der Waals surface area contributed by atoms with E-state index in [1.54, 1.807) is 12.4 Å². The van der Waals surface area contributed by atoms with Gasteiger partial charge in [-0.15, -0.1) is 0 Å². The molecule has 2 aromatic rings. The standard InChI is InChI=1S/C13H12N2O2/c1-17-13(16)15-12-6-4-10(5-7-12)11-3-2-8-14-9-11/h2-9H,1H3,(H,15,16). The van der Waals surface area contributed by atoms with Gasteiger partial charge in [0.25, 0.3) is 0 Å². The van der Waals surface area contributed by atoms with Gasteiger partial charge in [-0.1, -0.05) is 18.2 Å². The van der Waals surface area contributed by atoms with Gasteiger partial charge in [-0.3, -0.25) is 10.3 Å². The minimum absolute atomic E-state index is 0.473. The number of methoxy groups -OCH3 is 1. The van der Waals surface area contributed by atoms with Crippen LogP contribution in [0.3, 0.4) is 0 Å². The third-order valence-corrected chi connectivity index (χ3v) is 2.31. The van der Waals surface area contributed by atoms with Gasteiger partial charge in [0.1, 0.15) is 0 Å². The molecule has 0 radical (unpaired) electrons. The van der Waals surface area contributed by atoms with Crippen molar-refractivity contribution in [2.75, 3.05) is 12.4 Å². The van der Waals surface area contributed by atoms with Crippen molar-refractivity contribution < 1.29 is 9.53 Å². The normalized spacial score (nSPS) is 9.71. The molecule has 1 heterocycles. The van der Waals surface area contributed by atoms with E-state index in [-0.39, 0.29) is 0 Å². The lowest BCUT2D eigenvalue weighted by Gasteiger charge is -2.05. The predicted octanol–water partition coefficient (Wildman–Crippen LogP) is 2.93. The molecule has 0 aliphatic rings. The number of nitrogens with zero attached hydrogens (tertiary/aromatic N) is 1. The zero-order chi connectivity index (χ0) is 12.1. The average molecular weight is 228 g/mol. The van der Waals surface area contributed by atoms with Gasteiger partial charge in [0, 0.05) is 18.1 Å². The molecule has 0 saturated heterocycles.